The van der Waals surface area contributed by atoms with Crippen molar-refractivity contribution >= 4 is 11.9 Å². The van der Waals surface area contributed by atoms with Crippen molar-refractivity contribution < 1.29 is 24.5 Å². The Labute approximate surface area is 360 Å². The second-order valence-electron chi connectivity index (χ2n) is 17.2. The molecule has 0 fully saturated rings. The van der Waals surface area contributed by atoms with Crippen molar-refractivity contribution in [2.45, 2.75) is 277 Å². The first kappa shape index (κ1) is 56.1. The Morgan fingerprint density at radius 2 is 0.897 bits per heavy atom. The quantitative estimate of drug-likeness (QED) is 0.0246. The number of amides is 1. The number of allylic oxidation sites excluding steroid dienone is 6. The highest BCUT2D eigenvalue weighted by Gasteiger charge is 2.24. The Morgan fingerprint density at radius 3 is 1.36 bits per heavy atom. The van der Waals surface area contributed by atoms with Gasteiger partial charge in [0.1, 0.15) is 6.10 Å². The van der Waals surface area contributed by atoms with Crippen molar-refractivity contribution in [3.8, 4) is 0 Å². The number of carbonyl (C=O) groups excluding carboxylic acids is 2. The summed E-state index contributed by atoms with van der Waals surface area (Å²) in [7, 11) is 0. The second-order valence-corrected chi connectivity index (χ2v) is 17.2. The highest BCUT2D eigenvalue weighted by Crippen LogP contribution is 2.17. The van der Waals surface area contributed by atoms with Crippen LogP contribution in [0.25, 0.3) is 0 Å². The first-order valence-corrected chi connectivity index (χ1v) is 25.2. The lowest BCUT2D eigenvalue weighted by molar-refractivity contribution is -0.151. The maximum atomic E-state index is 13.2. The van der Waals surface area contributed by atoms with Gasteiger partial charge >= 0.3 is 5.97 Å². The van der Waals surface area contributed by atoms with Gasteiger partial charge in [0.25, 0.3) is 0 Å². The van der Waals surface area contributed by atoms with Crippen LogP contribution < -0.4 is 5.32 Å². The summed E-state index contributed by atoms with van der Waals surface area (Å²) >= 11 is 0. The van der Waals surface area contributed by atoms with Gasteiger partial charge in [-0.1, -0.05) is 211 Å². The molecule has 6 nitrogen and oxygen atoms in total. The third-order valence-corrected chi connectivity index (χ3v) is 11.5. The molecular formula is C52H97NO5. The molecule has 0 aromatic rings. The monoisotopic (exact) mass is 816 g/mol. The fraction of sp³-hybridized carbons (Fsp3) is 0.846. The molecule has 3 N–H and O–H groups in total. The number of hydrogen-bond donors (Lipinski definition) is 3. The smallest absolute Gasteiger partial charge is 0.306 e. The van der Waals surface area contributed by atoms with Crippen molar-refractivity contribution in [3.05, 3.63) is 36.5 Å². The van der Waals surface area contributed by atoms with E-state index in [2.05, 4.69) is 62.5 Å². The molecule has 0 spiro atoms. The minimum Gasteiger partial charge on any atom is -0.462 e. The van der Waals surface area contributed by atoms with Gasteiger partial charge in [0.05, 0.1) is 25.2 Å². The van der Waals surface area contributed by atoms with Gasteiger partial charge in [-0.05, 0) is 70.6 Å². The van der Waals surface area contributed by atoms with Gasteiger partial charge in [0, 0.05) is 6.42 Å². The number of rotatable bonds is 45. The zero-order chi connectivity index (χ0) is 42.4. The summed E-state index contributed by atoms with van der Waals surface area (Å²) < 4.78 is 5.89. The maximum absolute atomic E-state index is 13.2. The van der Waals surface area contributed by atoms with Crippen molar-refractivity contribution in [1.82, 2.24) is 5.32 Å². The van der Waals surface area contributed by atoms with E-state index < -0.39 is 18.2 Å². The average molecular weight is 816 g/mol. The lowest BCUT2D eigenvalue weighted by atomic mass is 10.0. The summed E-state index contributed by atoms with van der Waals surface area (Å²) in [5.41, 5.74) is 0. The van der Waals surface area contributed by atoms with Gasteiger partial charge in [0.2, 0.25) is 5.91 Å². The summed E-state index contributed by atoms with van der Waals surface area (Å²) in [6.07, 6.45) is 53.5. The third kappa shape index (κ3) is 40.8. The van der Waals surface area contributed by atoms with E-state index >= 15 is 0 Å². The number of aliphatic hydroxyl groups excluding tert-OH is 2. The summed E-state index contributed by atoms with van der Waals surface area (Å²) in [5.74, 6) is -0.529. The van der Waals surface area contributed by atoms with Gasteiger partial charge in [0.15, 0.2) is 0 Å². The number of hydrogen-bond acceptors (Lipinski definition) is 5. The van der Waals surface area contributed by atoms with Crippen LogP contribution in [0.15, 0.2) is 36.5 Å². The highest BCUT2D eigenvalue weighted by molar-refractivity contribution is 5.77. The minimum absolute atomic E-state index is 0.0480. The molecule has 0 aliphatic heterocycles. The van der Waals surface area contributed by atoms with E-state index in [0.717, 1.165) is 70.6 Å². The molecule has 340 valence electrons. The lowest BCUT2D eigenvalue weighted by Gasteiger charge is -2.24. The first-order chi connectivity index (χ1) is 28.5. The van der Waals surface area contributed by atoms with Crippen LogP contribution in [0.1, 0.15) is 258 Å². The number of unbranched alkanes of at least 4 members (excludes halogenated alkanes) is 28. The molecule has 3 unspecified atom stereocenters. The molecule has 0 aliphatic carbocycles. The summed E-state index contributed by atoms with van der Waals surface area (Å²) in [6.45, 7) is 6.45. The number of carbonyl (C=O) groups is 2. The van der Waals surface area contributed by atoms with Crippen LogP contribution in [0.5, 0.6) is 0 Å². The average Bonchev–Trinajstić information content (AvgIpc) is 3.22. The normalized spacial score (nSPS) is 13.5. The summed E-state index contributed by atoms with van der Waals surface area (Å²) in [6, 6.07) is -0.712. The topological polar surface area (TPSA) is 95.9 Å². The van der Waals surface area contributed by atoms with Crippen LogP contribution in [0.3, 0.4) is 0 Å². The molecule has 6 heteroatoms. The standard InChI is InChI=1S/C52H97NO5/c1-4-7-10-13-16-19-22-24-25-26-27-30-33-36-39-42-45-52(57)58-48(43-40-37-34-31-29-23-20-17-14-11-8-5-2)46-51(56)53-49(47-54)50(55)44-41-38-35-32-28-21-18-15-12-9-6-3/h25-27,30-31,34,48-50,54-55H,4-24,28-29,32-33,35-47H2,1-3H3,(H,53,56)/b26-25+,30-27+,34-31-. The molecule has 0 saturated carbocycles. The second kappa shape index (κ2) is 46.2. The Morgan fingerprint density at radius 1 is 0.500 bits per heavy atom. The Hall–Kier alpha value is -1.92. The van der Waals surface area contributed by atoms with E-state index in [4.69, 9.17) is 4.74 Å². The molecule has 1 amide bonds. The molecule has 0 aromatic carbocycles. The molecule has 0 rings (SSSR count). The highest BCUT2D eigenvalue weighted by atomic mass is 16.5. The van der Waals surface area contributed by atoms with Crippen LogP contribution in [0.4, 0.5) is 0 Å². The van der Waals surface area contributed by atoms with Crippen molar-refractivity contribution in [1.29, 1.82) is 0 Å². The van der Waals surface area contributed by atoms with E-state index in [-0.39, 0.29) is 24.9 Å². The minimum atomic E-state index is -0.796. The summed E-state index contributed by atoms with van der Waals surface area (Å²) in [5, 5.41) is 23.7. The largest absolute Gasteiger partial charge is 0.462 e. The van der Waals surface area contributed by atoms with Crippen molar-refractivity contribution in [3.63, 3.8) is 0 Å². The molecule has 0 aliphatic rings. The molecule has 0 aromatic heterocycles. The van der Waals surface area contributed by atoms with Crippen molar-refractivity contribution in [2.75, 3.05) is 6.61 Å². The van der Waals surface area contributed by atoms with Crippen molar-refractivity contribution in [2.24, 2.45) is 0 Å². The molecular weight excluding hydrogens is 719 g/mol. The molecule has 3 atom stereocenters. The molecule has 0 saturated heterocycles. The van der Waals surface area contributed by atoms with E-state index in [1.165, 1.54) is 141 Å². The molecule has 0 radical (unpaired) electrons. The van der Waals surface area contributed by atoms with Gasteiger partial charge < -0.3 is 20.3 Å². The van der Waals surface area contributed by atoms with Crippen LogP contribution >= 0.6 is 0 Å². The van der Waals surface area contributed by atoms with Crippen LogP contribution in [-0.4, -0.2) is 46.9 Å². The van der Waals surface area contributed by atoms with E-state index in [1.807, 2.05) is 0 Å². The molecule has 0 heterocycles. The van der Waals surface area contributed by atoms with Gasteiger partial charge in [-0.25, -0.2) is 0 Å². The zero-order valence-corrected chi connectivity index (χ0v) is 38.7. The van der Waals surface area contributed by atoms with E-state index in [9.17, 15) is 19.8 Å². The third-order valence-electron chi connectivity index (χ3n) is 11.5. The number of aliphatic hydroxyl groups is 2. The Kier molecular flexibility index (Phi) is 44.6. The Bertz CT molecular complexity index is 961. The van der Waals surface area contributed by atoms with E-state index in [0.29, 0.717) is 19.3 Å². The fourth-order valence-corrected chi connectivity index (χ4v) is 7.60. The number of ether oxygens (including phenoxy) is 1. The zero-order valence-electron chi connectivity index (χ0n) is 38.7. The van der Waals surface area contributed by atoms with Gasteiger partial charge in [-0.15, -0.1) is 0 Å². The predicted octanol–water partition coefficient (Wildman–Crippen LogP) is 14.9. The number of esters is 1. The van der Waals surface area contributed by atoms with Crippen LogP contribution in [0, 0.1) is 0 Å². The summed E-state index contributed by atoms with van der Waals surface area (Å²) in [4.78, 5) is 26.1. The predicted molar refractivity (Wildman–Crippen MR) is 250 cm³/mol. The SMILES string of the molecule is CCCCCCCCC/C=C\CCCC(CC(=O)NC(CO)C(O)CCCCCCCCCCCCC)OC(=O)CCCCC/C=C/C=C/CCCCCCCCC. The number of nitrogens with one attached hydrogen (secondary N) is 1. The first-order valence-electron chi connectivity index (χ1n) is 25.2. The van der Waals surface area contributed by atoms with E-state index in [1.54, 1.807) is 0 Å². The molecule has 0 bridgehead atoms. The van der Waals surface area contributed by atoms with Crippen LogP contribution in [0.2, 0.25) is 0 Å². The lowest BCUT2D eigenvalue weighted by Crippen LogP contribution is -2.46. The van der Waals surface area contributed by atoms with Gasteiger partial charge in [-0.3, -0.25) is 9.59 Å². The fourth-order valence-electron chi connectivity index (χ4n) is 7.60. The van der Waals surface area contributed by atoms with Crippen LogP contribution in [-0.2, 0) is 14.3 Å². The molecule has 58 heavy (non-hydrogen) atoms. The van der Waals surface area contributed by atoms with Gasteiger partial charge in [-0.2, -0.15) is 0 Å². The maximum Gasteiger partial charge on any atom is 0.306 e. The Balaban J connectivity index is 4.63.